The molecule has 0 unspecified atom stereocenters. The summed E-state index contributed by atoms with van der Waals surface area (Å²) >= 11 is 1.43. The van der Waals surface area contributed by atoms with E-state index in [0.717, 1.165) is 11.3 Å². The number of ether oxygens (including phenoxy) is 1. The Morgan fingerprint density at radius 2 is 2.11 bits per heavy atom. The van der Waals surface area contributed by atoms with Crippen LogP contribution in [-0.2, 0) is 0 Å². The van der Waals surface area contributed by atoms with E-state index >= 15 is 0 Å². The van der Waals surface area contributed by atoms with Crippen LogP contribution < -0.4 is 15.3 Å². The Balaban J connectivity index is 2.13. The predicted octanol–water partition coefficient (Wildman–Crippen LogP) is 2.83. The van der Waals surface area contributed by atoms with Crippen molar-refractivity contribution < 1.29 is 14.6 Å². The Kier molecular flexibility index (Phi) is 5.90. The van der Waals surface area contributed by atoms with Gasteiger partial charge in [0.15, 0.2) is 0 Å². The molecule has 3 aromatic rings. The molecule has 3 rings (SSSR count). The van der Waals surface area contributed by atoms with Gasteiger partial charge in [-0.3, -0.25) is 9.79 Å². The summed E-state index contributed by atoms with van der Waals surface area (Å²) in [7, 11) is 1.61. The minimum absolute atomic E-state index is 0.0536. The number of hydrogen-bond acceptors (Lipinski definition) is 6. The highest BCUT2D eigenvalue weighted by atomic mass is 32.1. The van der Waals surface area contributed by atoms with E-state index in [0.29, 0.717) is 22.7 Å². The molecule has 0 spiro atoms. The normalized spacial score (nSPS) is 11.9. The first-order valence-corrected chi connectivity index (χ1v) is 9.44. The van der Waals surface area contributed by atoms with E-state index in [1.807, 2.05) is 36.6 Å². The zero-order valence-corrected chi connectivity index (χ0v) is 16.3. The van der Waals surface area contributed by atoms with Crippen LogP contribution in [0.5, 0.6) is 11.5 Å². The number of phenols is 1. The average molecular weight is 396 g/mol. The van der Waals surface area contributed by atoms with E-state index in [-0.39, 0.29) is 11.3 Å². The molecule has 0 aliphatic rings. The maximum atomic E-state index is 11.6. The smallest absolute Gasteiger partial charge is 0.252 e. The third kappa shape index (κ3) is 3.96. The van der Waals surface area contributed by atoms with E-state index in [4.69, 9.17) is 10.5 Å². The third-order valence-corrected chi connectivity index (χ3v) is 4.84. The van der Waals surface area contributed by atoms with Gasteiger partial charge in [0.2, 0.25) is 4.80 Å². The number of nitrogens with zero attached hydrogens (tertiary/aromatic N) is 3. The van der Waals surface area contributed by atoms with Gasteiger partial charge in [0.1, 0.15) is 11.5 Å². The van der Waals surface area contributed by atoms with Crippen LogP contribution in [0.1, 0.15) is 22.8 Å². The summed E-state index contributed by atoms with van der Waals surface area (Å²) in [5.41, 5.74) is 7.65. The molecule has 1 heterocycles. The summed E-state index contributed by atoms with van der Waals surface area (Å²) in [6.07, 6.45) is 1.69. The van der Waals surface area contributed by atoms with Gasteiger partial charge < -0.3 is 15.6 Å². The lowest BCUT2D eigenvalue weighted by Crippen LogP contribution is -2.13. The van der Waals surface area contributed by atoms with Crippen LogP contribution in [-0.4, -0.2) is 35.6 Å². The van der Waals surface area contributed by atoms with Crippen LogP contribution in [0.3, 0.4) is 0 Å². The summed E-state index contributed by atoms with van der Waals surface area (Å²) in [5, 5.41) is 16.3. The van der Waals surface area contributed by atoms with Crippen molar-refractivity contribution in [2.24, 2.45) is 15.8 Å². The summed E-state index contributed by atoms with van der Waals surface area (Å²) in [5.74, 6) is -0.149. The number of para-hydroxylation sites is 1. The highest BCUT2D eigenvalue weighted by Crippen LogP contribution is 2.26. The van der Waals surface area contributed by atoms with Crippen molar-refractivity contribution in [3.05, 3.63) is 63.8 Å². The van der Waals surface area contributed by atoms with E-state index in [1.54, 1.807) is 30.1 Å². The molecule has 0 saturated carbocycles. The van der Waals surface area contributed by atoms with Crippen LogP contribution in [0, 0.1) is 0 Å². The second kappa shape index (κ2) is 8.53. The predicted molar refractivity (Wildman–Crippen MR) is 110 cm³/mol. The molecule has 2 aromatic carbocycles. The lowest BCUT2D eigenvalue weighted by atomic mass is 10.1. The van der Waals surface area contributed by atoms with Gasteiger partial charge in [-0.1, -0.05) is 12.1 Å². The van der Waals surface area contributed by atoms with Gasteiger partial charge in [0.25, 0.3) is 5.91 Å². The number of carbonyl (C=O) groups excluding carboxylic acids is 1. The molecule has 0 radical (unpaired) electrons. The Hall–Kier alpha value is -3.39. The molecule has 0 atom stereocenters. The van der Waals surface area contributed by atoms with E-state index in [1.165, 1.54) is 17.4 Å². The van der Waals surface area contributed by atoms with Crippen molar-refractivity contribution in [3.63, 3.8) is 0 Å². The van der Waals surface area contributed by atoms with Crippen LogP contribution in [0.25, 0.3) is 11.3 Å². The first-order valence-electron chi connectivity index (χ1n) is 8.56. The highest BCUT2D eigenvalue weighted by molar-refractivity contribution is 7.07. The lowest BCUT2D eigenvalue weighted by Gasteiger charge is -2.07. The van der Waals surface area contributed by atoms with Crippen LogP contribution in [0.4, 0.5) is 0 Å². The first-order chi connectivity index (χ1) is 13.5. The number of benzene rings is 2. The SMILES string of the molecule is CCN=c1scc(-c2ccc(O)c(C(N)=O)c2)n1N=Cc1ccccc1OC. The minimum Gasteiger partial charge on any atom is -0.507 e. The number of methoxy groups -OCH3 is 1. The van der Waals surface area contributed by atoms with Gasteiger partial charge in [0.05, 0.1) is 24.6 Å². The van der Waals surface area contributed by atoms with Crippen LogP contribution in [0.15, 0.2) is 57.9 Å². The molecule has 7 nitrogen and oxygen atoms in total. The largest absolute Gasteiger partial charge is 0.507 e. The number of primary amides is 1. The molecule has 0 saturated heterocycles. The Morgan fingerprint density at radius 3 is 2.82 bits per heavy atom. The number of amides is 1. The van der Waals surface area contributed by atoms with Crippen molar-refractivity contribution in [2.45, 2.75) is 6.92 Å². The molecule has 0 aliphatic heterocycles. The minimum atomic E-state index is -0.697. The highest BCUT2D eigenvalue weighted by Gasteiger charge is 2.13. The van der Waals surface area contributed by atoms with Crippen molar-refractivity contribution in [1.29, 1.82) is 0 Å². The topological polar surface area (TPSA) is 102 Å². The molecule has 28 heavy (non-hydrogen) atoms. The zero-order chi connectivity index (χ0) is 20.1. The van der Waals surface area contributed by atoms with E-state index < -0.39 is 5.91 Å². The number of hydrogen-bond donors (Lipinski definition) is 2. The van der Waals surface area contributed by atoms with Crippen molar-refractivity contribution in [3.8, 4) is 22.8 Å². The van der Waals surface area contributed by atoms with Crippen LogP contribution in [0.2, 0.25) is 0 Å². The molecule has 8 heteroatoms. The van der Waals surface area contributed by atoms with E-state index in [9.17, 15) is 9.90 Å². The monoisotopic (exact) mass is 396 g/mol. The van der Waals surface area contributed by atoms with Crippen molar-refractivity contribution in [2.75, 3.05) is 13.7 Å². The number of nitrogens with two attached hydrogens (primary N) is 1. The Labute approximate surface area is 166 Å². The zero-order valence-electron chi connectivity index (χ0n) is 15.5. The third-order valence-electron chi connectivity index (χ3n) is 3.99. The molecule has 144 valence electrons. The Morgan fingerprint density at radius 1 is 1.32 bits per heavy atom. The molecular formula is C20H20N4O3S. The van der Waals surface area contributed by atoms with Gasteiger partial charge in [-0.2, -0.15) is 5.10 Å². The first kappa shape index (κ1) is 19.4. The fraction of sp³-hybridized carbons (Fsp3) is 0.150. The molecule has 0 fully saturated rings. The summed E-state index contributed by atoms with van der Waals surface area (Å²) in [6.45, 7) is 2.55. The fourth-order valence-corrected chi connectivity index (χ4v) is 3.54. The Bertz CT molecular complexity index is 1100. The van der Waals surface area contributed by atoms with Gasteiger partial charge >= 0.3 is 0 Å². The molecular weight excluding hydrogens is 376 g/mol. The maximum absolute atomic E-state index is 11.6. The fourth-order valence-electron chi connectivity index (χ4n) is 2.64. The molecule has 3 N–H and O–H groups in total. The van der Waals surface area contributed by atoms with Gasteiger partial charge in [-0.05, 0) is 37.3 Å². The van der Waals surface area contributed by atoms with Crippen LogP contribution >= 0.6 is 11.3 Å². The van der Waals surface area contributed by atoms with Crippen molar-refractivity contribution >= 4 is 23.5 Å². The molecule has 1 aromatic heterocycles. The molecule has 0 aliphatic carbocycles. The number of carbonyl (C=O) groups is 1. The quantitative estimate of drug-likeness (QED) is 0.626. The summed E-state index contributed by atoms with van der Waals surface area (Å²) in [4.78, 5) is 16.8. The standard InChI is InChI=1S/C20H20N4O3S/c1-3-22-20-24(23-11-14-6-4-5-7-18(14)27-2)16(12-28-20)13-8-9-17(25)15(10-13)19(21)26/h4-12,25H,3H2,1-2H3,(H2,21,26). The number of thiazole rings is 1. The average Bonchev–Trinajstić information content (AvgIpc) is 3.09. The van der Waals surface area contributed by atoms with Gasteiger partial charge in [-0.15, -0.1) is 11.3 Å². The lowest BCUT2D eigenvalue weighted by molar-refractivity contribution is 0.0998. The molecule has 0 bridgehead atoms. The second-order valence-electron chi connectivity index (χ2n) is 5.77. The number of rotatable bonds is 6. The van der Waals surface area contributed by atoms with E-state index in [2.05, 4.69) is 10.1 Å². The maximum Gasteiger partial charge on any atom is 0.252 e. The molecule has 1 amide bonds. The summed E-state index contributed by atoms with van der Waals surface area (Å²) in [6, 6.07) is 12.2. The van der Waals surface area contributed by atoms with Gasteiger partial charge in [0, 0.05) is 23.1 Å². The summed E-state index contributed by atoms with van der Waals surface area (Å²) < 4.78 is 7.05. The number of aromatic nitrogens is 1. The number of aromatic hydroxyl groups is 1. The van der Waals surface area contributed by atoms with Crippen molar-refractivity contribution in [1.82, 2.24) is 4.68 Å². The second-order valence-corrected chi connectivity index (χ2v) is 6.61. The van der Waals surface area contributed by atoms with Gasteiger partial charge in [-0.25, -0.2) is 4.68 Å².